The van der Waals surface area contributed by atoms with Gasteiger partial charge >= 0.3 is 0 Å². The Balaban J connectivity index is 1.17. The summed E-state index contributed by atoms with van der Waals surface area (Å²) in [7, 11) is 0. The Morgan fingerprint density at radius 3 is 2.62 bits per heavy atom. The Bertz CT molecular complexity index is 1320. The molecule has 5 heteroatoms. The fraction of sp³-hybridized carbons (Fsp3) is 0.379. The zero-order chi connectivity index (χ0) is 22.9. The third kappa shape index (κ3) is 4.04. The molecule has 0 N–H and O–H groups in total. The van der Waals surface area contributed by atoms with E-state index in [1.54, 1.807) is 0 Å². The summed E-state index contributed by atoms with van der Waals surface area (Å²) in [5.41, 5.74) is 2.16. The van der Waals surface area contributed by atoms with Crippen molar-refractivity contribution in [2.75, 3.05) is 13.2 Å². The minimum Gasteiger partial charge on any atom is -0.494 e. The van der Waals surface area contributed by atoms with Crippen molar-refractivity contribution in [3.8, 4) is 5.75 Å². The molecule has 4 aromatic rings. The smallest absolute Gasteiger partial charge is 0.223 e. The molecule has 3 aromatic carbocycles. The van der Waals surface area contributed by atoms with Crippen molar-refractivity contribution >= 4 is 27.7 Å². The second-order valence-electron chi connectivity index (χ2n) is 9.71. The fourth-order valence-electron chi connectivity index (χ4n) is 5.78. The van der Waals surface area contributed by atoms with Gasteiger partial charge < -0.3 is 14.2 Å². The normalized spacial score (nSPS) is 19.0. The van der Waals surface area contributed by atoms with Crippen LogP contribution in [0.2, 0.25) is 0 Å². The van der Waals surface area contributed by atoms with Crippen LogP contribution in [-0.4, -0.2) is 39.6 Å². The van der Waals surface area contributed by atoms with Gasteiger partial charge in [0.25, 0.3) is 0 Å². The van der Waals surface area contributed by atoms with Crippen molar-refractivity contribution in [2.45, 2.75) is 57.0 Å². The second-order valence-corrected chi connectivity index (χ2v) is 9.71. The number of benzene rings is 3. The van der Waals surface area contributed by atoms with Crippen LogP contribution in [0.4, 0.5) is 0 Å². The predicted molar refractivity (Wildman–Crippen MR) is 135 cm³/mol. The summed E-state index contributed by atoms with van der Waals surface area (Å²) in [5.74, 6) is 2.43. The third-order valence-electron chi connectivity index (χ3n) is 7.49. The van der Waals surface area contributed by atoms with Crippen molar-refractivity contribution < 1.29 is 9.53 Å². The van der Waals surface area contributed by atoms with Gasteiger partial charge in [0.05, 0.1) is 17.6 Å². The van der Waals surface area contributed by atoms with Gasteiger partial charge in [0, 0.05) is 31.5 Å². The number of imidazole rings is 1. The molecule has 174 valence electrons. The summed E-state index contributed by atoms with van der Waals surface area (Å²) >= 11 is 0. The van der Waals surface area contributed by atoms with E-state index in [0.29, 0.717) is 25.0 Å². The number of likely N-dealkylation sites (tertiary alicyclic amines) is 1. The van der Waals surface area contributed by atoms with Crippen LogP contribution in [0.5, 0.6) is 5.75 Å². The van der Waals surface area contributed by atoms with E-state index in [1.807, 2.05) is 12.1 Å². The lowest BCUT2D eigenvalue weighted by molar-refractivity contribution is -0.129. The van der Waals surface area contributed by atoms with E-state index in [0.717, 1.165) is 55.0 Å². The third-order valence-corrected chi connectivity index (χ3v) is 7.49. The molecule has 1 saturated heterocycles. The Hall–Kier alpha value is -3.34. The van der Waals surface area contributed by atoms with Crippen LogP contribution in [0.1, 0.15) is 50.3 Å². The van der Waals surface area contributed by atoms with Crippen LogP contribution < -0.4 is 4.74 Å². The van der Waals surface area contributed by atoms with E-state index in [9.17, 15) is 4.79 Å². The average Bonchev–Trinajstić information content (AvgIpc) is 3.60. The number of para-hydroxylation sites is 2. The molecule has 1 amide bonds. The van der Waals surface area contributed by atoms with Gasteiger partial charge in [0.2, 0.25) is 5.91 Å². The molecular formula is C29H31N3O2. The standard InChI is InChI=1S/C29H31N3O2/c33-28-19-23(20-32(28)24-10-3-4-11-24)29-30-26-12-5-6-13-27(26)31(29)16-7-17-34-25-15-14-21-8-1-2-9-22(21)18-25/h1-2,5-6,8-9,12-15,18,23-24H,3-4,7,10-11,16-17,19-20H2. The molecule has 1 unspecified atom stereocenters. The van der Waals surface area contributed by atoms with E-state index in [1.165, 1.54) is 23.6 Å². The molecule has 5 nitrogen and oxygen atoms in total. The van der Waals surface area contributed by atoms with Crippen molar-refractivity contribution in [3.05, 3.63) is 72.6 Å². The van der Waals surface area contributed by atoms with Gasteiger partial charge in [-0.15, -0.1) is 0 Å². The molecule has 0 spiro atoms. The lowest BCUT2D eigenvalue weighted by atomic mass is 10.1. The molecule has 1 saturated carbocycles. The maximum absolute atomic E-state index is 12.9. The molecule has 0 radical (unpaired) electrons. The lowest BCUT2D eigenvalue weighted by Gasteiger charge is -2.24. The van der Waals surface area contributed by atoms with Crippen LogP contribution in [0, 0.1) is 0 Å². The highest BCUT2D eigenvalue weighted by Crippen LogP contribution is 2.35. The van der Waals surface area contributed by atoms with Gasteiger partial charge in [0.15, 0.2) is 0 Å². The Morgan fingerprint density at radius 1 is 0.941 bits per heavy atom. The number of carbonyl (C=O) groups is 1. The molecule has 34 heavy (non-hydrogen) atoms. The number of carbonyl (C=O) groups excluding carboxylic acids is 1. The first kappa shape index (κ1) is 21.2. The summed E-state index contributed by atoms with van der Waals surface area (Å²) in [6.07, 6.45) is 6.26. The molecule has 0 bridgehead atoms. The van der Waals surface area contributed by atoms with Gasteiger partial charge in [0.1, 0.15) is 11.6 Å². The number of rotatable bonds is 7. The van der Waals surface area contributed by atoms with Crippen LogP contribution in [-0.2, 0) is 11.3 Å². The van der Waals surface area contributed by atoms with Gasteiger partial charge in [-0.25, -0.2) is 4.98 Å². The highest BCUT2D eigenvalue weighted by atomic mass is 16.5. The zero-order valence-corrected chi connectivity index (χ0v) is 19.5. The Labute approximate surface area is 200 Å². The topological polar surface area (TPSA) is 47.4 Å². The summed E-state index contributed by atoms with van der Waals surface area (Å²) in [6.45, 7) is 2.28. The molecule has 1 atom stereocenters. The van der Waals surface area contributed by atoms with Crippen molar-refractivity contribution in [3.63, 3.8) is 0 Å². The summed E-state index contributed by atoms with van der Waals surface area (Å²) in [6, 6.07) is 23.4. The highest BCUT2D eigenvalue weighted by Gasteiger charge is 2.38. The number of ether oxygens (including phenoxy) is 1. The largest absolute Gasteiger partial charge is 0.494 e. The maximum Gasteiger partial charge on any atom is 0.223 e. The Morgan fingerprint density at radius 2 is 1.74 bits per heavy atom. The van der Waals surface area contributed by atoms with Crippen LogP contribution >= 0.6 is 0 Å². The predicted octanol–water partition coefficient (Wildman–Crippen LogP) is 5.92. The average molecular weight is 454 g/mol. The fourth-order valence-corrected chi connectivity index (χ4v) is 5.78. The monoisotopic (exact) mass is 453 g/mol. The lowest BCUT2D eigenvalue weighted by Crippen LogP contribution is -2.34. The first-order valence-corrected chi connectivity index (χ1v) is 12.6. The molecule has 2 heterocycles. The van der Waals surface area contributed by atoms with E-state index in [-0.39, 0.29) is 5.92 Å². The number of aryl methyl sites for hydroxylation is 1. The van der Waals surface area contributed by atoms with Gasteiger partial charge in [-0.05, 0) is 54.3 Å². The number of fused-ring (bicyclic) bond motifs is 2. The first-order chi connectivity index (χ1) is 16.8. The molecule has 2 aliphatic rings. The summed E-state index contributed by atoms with van der Waals surface area (Å²) in [5, 5.41) is 2.42. The Kier molecular flexibility index (Phi) is 5.69. The molecule has 6 rings (SSSR count). The highest BCUT2D eigenvalue weighted by molar-refractivity contribution is 5.83. The maximum atomic E-state index is 12.9. The van der Waals surface area contributed by atoms with E-state index in [4.69, 9.17) is 9.72 Å². The van der Waals surface area contributed by atoms with E-state index >= 15 is 0 Å². The minimum absolute atomic E-state index is 0.168. The van der Waals surface area contributed by atoms with Crippen molar-refractivity contribution in [1.82, 2.24) is 14.5 Å². The van der Waals surface area contributed by atoms with Crippen molar-refractivity contribution in [1.29, 1.82) is 0 Å². The summed E-state index contributed by atoms with van der Waals surface area (Å²) in [4.78, 5) is 20.0. The van der Waals surface area contributed by atoms with Gasteiger partial charge in [-0.1, -0.05) is 55.3 Å². The number of amides is 1. The number of nitrogens with zero attached hydrogens (tertiary/aromatic N) is 3. The van der Waals surface area contributed by atoms with Gasteiger partial charge in [-0.3, -0.25) is 4.79 Å². The molecule has 1 aromatic heterocycles. The minimum atomic E-state index is 0.168. The van der Waals surface area contributed by atoms with Crippen LogP contribution in [0.15, 0.2) is 66.7 Å². The van der Waals surface area contributed by atoms with Crippen molar-refractivity contribution in [2.24, 2.45) is 0 Å². The molecular weight excluding hydrogens is 422 g/mol. The van der Waals surface area contributed by atoms with Crippen LogP contribution in [0.25, 0.3) is 21.8 Å². The zero-order valence-electron chi connectivity index (χ0n) is 19.5. The molecule has 1 aliphatic heterocycles. The first-order valence-electron chi connectivity index (χ1n) is 12.6. The molecule has 2 fully saturated rings. The number of hydrogen-bond acceptors (Lipinski definition) is 3. The van der Waals surface area contributed by atoms with Gasteiger partial charge in [-0.2, -0.15) is 0 Å². The second kappa shape index (κ2) is 9.13. The number of hydrogen-bond donors (Lipinski definition) is 0. The summed E-state index contributed by atoms with van der Waals surface area (Å²) < 4.78 is 8.42. The molecule has 1 aliphatic carbocycles. The van der Waals surface area contributed by atoms with Crippen LogP contribution in [0.3, 0.4) is 0 Å². The quantitative estimate of drug-likeness (QED) is 0.327. The SMILES string of the molecule is O=C1CC(c2nc3ccccc3n2CCCOc2ccc3ccccc3c2)CN1C1CCCC1. The van der Waals surface area contributed by atoms with E-state index in [2.05, 4.69) is 64.1 Å². The number of aromatic nitrogens is 2. The van der Waals surface area contributed by atoms with E-state index < -0.39 is 0 Å².